The van der Waals surface area contributed by atoms with Gasteiger partial charge in [-0.2, -0.15) is 5.10 Å². The molecule has 100 valence electrons. The minimum absolute atomic E-state index is 0.146. The number of hydrogen-bond donors (Lipinski definition) is 2. The van der Waals surface area contributed by atoms with Gasteiger partial charge in [-0.25, -0.2) is 0 Å². The fraction of sp³-hybridized carbons (Fsp3) is 0.0667. The van der Waals surface area contributed by atoms with Gasteiger partial charge in [0.25, 0.3) is 5.91 Å². The highest BCUT2D eigenvalue weighted by atomic mass is 79.9. The third kappa shape index (κ3) is 2.32. The molecule has 0 aliphatic heterocycles. The van der Waals surface area contributed by atoms with Crippen molar-refractivity contribution in [3.63, 3.8) is 0 Å². The topological polar surface area (TPSA) is 57.8 Å². The van der Waals surface area contributed by atoms with Gasteiger partial charge in [0.2, 0.25) is 0 Å². The molecule has 0 saturated carbocycles. The van der Waals surface area contributed by atoms with E-state index in [9.17, 15) is 4.79 Å². The van der Waals surface area contributed by atoms with E-state index in [0.29, 0.717) is 5.56 Å². The van der Waals surface area contributed by atoms with E-state index >= 15 is 0 Å². The van der Waals surface area contributed by atoms with Crippen LogP contribution in [0.1, 0.15) is 15.9 Å². The number of nitrogens with one attached hydrogen (secondary N) is 2. The number of fused-ring (bicyclic) bond motifs is 1. The van der Waals surface area contributed by atoms with Crippen molar-refractivity contribution < 1.29 is 4.79 Å². The number of benzene rings is 2. The van der Waals surface area contributed by atoms with E-state index in [0.717, 1.165) is 26.6 Å². The third-order valence-electron chi connectivity index (χ3n) is 3.14. The normalized spacial score (nSPS) is 10.7. The molecule has 3 aromatic rings. The largest absolute Gasteiger partial charge is 0.321 e. The summed E-state index contributed by atoms with van der Waals surface area (Å²) in [6.45, 7) is 1.98. The molecular formula is C15H12BrN3O. The van der Waals surface area contributed by atoms with E-state index in [4.69, 9.17) is 0 Å². The highest BCUT2D eigenvalue weighted by Gasteiger charge is 2.10. The van der Waals surface area contributed by atoms with Crippen molar-refractivity contribution in [2.45, 2.75) is 6.92 Å². The number of carbonyl (C=O) groups excluding carboxylic acids is 1. The van der Waals surface area contributed by atoms with Gasteiger partial charge in [-0.1, -0.05) is 18.2 Å². The van der Waals surface area contributed by atoms with Gasteiger partial charge in [-0.15, -0.1) is 0 Å². The number of hydrogen-bond acceptors (Lipinski definition) is 2. The van der Waals surface area contributed by atoms with Gasteiger partial charge >= 0.3 is 0 Å². The molecule has 0 radical (unpaired) electrons. The van der Waals surface area contributed by atoms with Crippen molar-refractivity contribution in [3.05, 3.63) is 58.2 Å². The number of carbonyl (C=O) groups is 1. The fourth-order valence-electron chi connectivity index (χ4n) is 2.02. The summed E-state index contributed by atoms with van der Waals surface area (Å²) in [6, 6.07) is 11.2. The summed E-state index contributed by atoms with van der Waals surface area (Å²) in [5, 5.41) is 10.7. The molecular weight excluding hydrogens is 318 g/mol. The second kappa shape index (κ2) is 5.09. The van der Waals surface area contributed by atoms with Gasteiger partial charge in [-0.3, -0.25) is 9.89 Å². The lowest BCUT2D eigenvalue weighted by Crippen LogP contribution is -2.12. The lowest BCUT2D eigenvalue weighted by molar-refractivity contribution is 0.102. The molecule has 0 aliphatic carbocycles. The Morgan fingerprint density at radius 2 is 2.15 bits per heavy atom. The van der Waals surface area contributed by atoms with Gasteiger partial charge in [0, 0.05) is 15.4 Å². The van der Waals surface area contributed by atoms with Crippen molar-refractivity contribution in [1.29, 1.82) is 0 Å². The zero-order valence-corrected chi connectivity index (χ0v) is 12.4. The molecule has 3 rings (SSSR count). The van der Waals surface area contributed by atoms with Crippen LogP contribution in [0.25, 0.3) is 10.9 Å². The number of H-pyrrole nitrogens is 1. The molecule has 0 spiro atoms. The lowest BCUT2D eigenvalue weighted by Gasteiger charge is -2.09. The van der Waals surface area contributed by atoms with Gasteiger partial charge < -0.3 is 5.32 Å². The minimum Gasteiger partial charge on any atom is -0.321 e. The van der Waals surface area contributed by atoms with Crippen LogP contribution >= 0.6 is 15.9 Å². The maximum Gasteiger partial charge on any atom is 0.255 e. The summed E-state index contributed by atoms with van der Waals surface area (Å²) in [5.74, 6) is -0.146. The van der Waals surface area contributed by atoms with E-state index in [1.807, 2.05) is 31.2 Å². The summed E-state index contributed by atoms with van der Waals surface area (Å²) in [6.07, 6.45) is 1.73. The molecule has 0 atom stereocenters. The average Bonchev–Trinajstić information content (AvgIpc) is 2.91. The van der Waals surface area contributed by atoms with Crippen LogP contribution in [-0.4, -0.2) is 16.1 Å². The summed E-state index contributed by atoms with van der Waals surface area (Å²) in [5.41, 5.74) is 3.28. The van der Waals surface area contributed by atoms with Crippen LogP contribution in [0, 0.1) is 6.92 Å². The summed E-state index contributed by atoms with van der Waals surface area (Å²) < 4.78 is 0.899. The van der Waals surface area contributed by atoms with Crippen LogP contribution in [-0.2, 0) is 0 Å². The van der Waals surface area contributed by atoms with Gasteiger partial charge in [0.05, 0.1) is 17.4 Å². The van der Waals surface area contributed by atoms with E-state index in [1.54, 1.807) is 18.3 Å². The SMILES string of the molecule is Cc1cccc(NC(=O)c2ccc3cn[nH]c3c2)c1Br. The van der Waals surface area contributed by atoms with Crippen LogP contribution in [0.4, 0.5) is 5.69 Å². The molecule has 2 aromatic carbocycles. The zero-order chi connectivity index (χ0) is 14.1. The minimum atomic E-state index is -0.146. The van der Waals surface area contributed by atoms with Crippen LogP contribution in [0.15, 0.2) is 47.1 Å². The van der Waals surface area contributed by atoms with Crippen molar-refractivity contribution >= 4 is 38.4 Å². The van der Waals surface area contributed by atoms with Gasteiger partial charge in [-0.05, 0) is 46.6 Å². The van der Waals surface area contributed by atoms with Crippen LogP contribution in [0.3, 0.4) is 0 Å². The molecule has 20 heavy (non-hydrogen) atoms. The quantitative estimate of drug-likeness (QED) is 0.749. The summed E-state index contributed by atoms with van der Waals surface area (Å²) in [4.78, 5) is 12.3. The maximum atomic E-state index is 12.3. The first-order valence-corrected chi connectivity index (χ1v) is 6.94. The van der Waals surface area contributed by atoms with Crippen LogP contribution < -0.4 is 5.32 Å². The Morgan fingerprint density at radius 3 is 3.00 bits per heavy atom. The van der Waals surface area contributed by atoms with E-state index in [2.05, 4.69) is 31.4 Å². The predicted molar refractivity (Wildman–Crippen MR) is 82.9 cm³/mol. The van der Waals surface area contributed by atoms with E-state index < -0.39 is 0 Å². The van der Waals surface area contributed by atoms with E-state index in [-0.39, 0.29) is 5.91 Å². The summed E-state index contributed by atoms with van der Waals surface area (Å²) >= 11 is 3.48. The molecule has 2 N–H and O–H groups in total. The Morgan fingerprint density at radius 1 is 1.30 bits per heavy atom. The molecule has 0 unspecified atom stereocenters. The number of aromatic nitrogens is 2. The first kappa shape index (κ1) is 12.9. The monoisotopic (exact) mass is 329 g/mol. The third-order valence-corrected chi connectivity index (χ3v) is 4.20. The first-order valence-electron chi connectivity index (χ1n) is 6.15. The fourth-order valence-corrected chi connectivity index (χ4v) is 2.38. The predicted octanol–water partition coefficient (Wildman–Crippen LogP) is 3.89. The zero-order valence-electron chi connectivity index (χ0n) is 10.8. The highest BCUT2D eigenvalue weighted by molar-refractivity contribution is 9.10. The number of anilines is 1. The second-order valence-corrected chi connectivity index (χ2v) is 5.36. The number of amides is 1. The van der Waals surface area contributed by atoms with E-state index in [1.165, 1.54) is 0 Å². The maximum absolute atomic E-state index is 12.3. The Balaban J connectivity index is 1.90. The Hall–Kier alpha value is -2.14. The molecule has 1 aromatic heterocycles. The molecule has 4 nitrogen and oxygen atoms in total. The molecule has 1 heterocycles. The Bertz CT molecular complexity index is 795. The highest BCUT2D eigenvalue weighted by Crippen LogP contribution is 2.26. The number of halogens is 1. The molecule has 0 saturated heterocycles. The smallest absolute Gasteiger partial charge is 0.255 e. The number of aryl methyl sites for hydroxylation is 1. The van der Waals surface area contributed by atoms with Crippen molar-refractivity contribution in [2.75, 3.05) is 5.32 Å². The second-order valence-electron chi connectivity index (χ2n) is 4.56. The molecule has 0 fully saturated rings. The Labute approximate surface area is 124 Å². The standard InChI is InChI=1S/C15H12BrN3O/c1-9-3-2-4-12(14(9)16)18-15(20)10-5-6-11-8-17-19-13(11)7-10/h2-8H,1H3,(H,17,19)(H,18,20). The molecule has 0 aliphatic rings. The van der Waals surface area contributed by atoms with Crippen LogP contribution in [0.5, 0.6) is 0 Å². The van der Waals surface area contributed by atoms with Crippen molar-refractivity contribution in [3.8, 4) is 0 Å². The van der Waals surface area contributed by atoms with Crippen LogP contribution in [0.2, 0.25) is 0 Å². The average molecular weight is 330 g/mol. The van der Waals surface area contributed by atoms with Gasteiger partial charge in [0.15, 0.2) is 0 Å². The number of rotatable bonds is 2. The first-order chi connectivity index (χ1) is 9.65. The summed E-state index contributed by atoms with van der Waals surface area (Å²) in [7, 11) is 0. The molecule has 5 heteroatoms. The molecule has 1 amide bonds. The van der Waals surface area contributed by atoms with Crippen molar-refractivity contribution in [1.82, 2.24) is 10.2 Å². The lowest BCUT2D eigenvalue weighted by atomic mass is 10.1. The Kier molecular flexibility index (Phi) is 3.28. The number of aromatic amines is 1. The van der Waals surface area contributed by atoms with Gasteiger partial charge in [0.1, 0.15) is 0 Å². The number of nitrogens with zero attached hydrogens (tertiary/aromatic N) is 1. The molecule has 0 bridgehead atoms. The van der Waals surface area contributed by atoms with Crippen molar-refractivity contribution in [2.24, 2.45) is 0 Å².